The predicted molar refractivity (Wildman–Crippen MR) is 93.3 cm³/mol. The van der Waals surface area contributed by atoms with Crippen LogP contribution in [0.5, 0.6) is 11.5 Å². The Labute approximate surface area is 149 Å². The van der Waals surface area contributed by atoms with Crippen LogP contribution in [0.25, 0.3) is 6.08 Å². The molecule has 3 rings (SSSR count). The summed E-state index contributed by atoms with van der Waals surface area (Å²) in [4.78, 5) is 16.4. The average Bonchev–Trinajstić information content (AvgIpc) is 2.99. The van der Waals surface area contributed by atoms with Crippen molar-refractivity contribution in [1.29, 1.82) is 0 Å². The molecule has 1 N–H and O–H groups in total. The highest BCUT2D eigenvalue weighted by molar-refractivity contribution is 6.19. The van der Waals surface area contributed by atoms with Crippen LogP contribution in [0.4, 0.5) is 8.78 Å². The first-order valence-corrected chi connectivity index (χ1v) is 7.72. The summed E-state index contributed by atoms with van der Waals surface area (Å²) in [5.74, 6) is -1.08. The van der Waals surface area contributed by atoms with Gasteiger partial charge in [0.1, 0.15) is 23.0 Å². The molecule has 26 heavy (non-hydrogen) atoms. The molecule has 0 radical (unpaired) electrons. The molecule has 0 saturated carbocycles. The van der Waals surface area contributed by atoms with Gasteiger partial charge in [0.05, 0.1) is 14.2 Å². The minimum absolute atomic E-state index is 0.119. The lowest BCUT2D eigenvalue weighted by Gasteiger charge is -2.10. The van der Waals surface area contributed by atoms with E-state index in [-0.39, 0.29) is 17.1 Å². The van der Waals surface area contributed by atoms with Crippen molar-refractivity contribution in [1.82, 2.24) is 5.32 Å². The van der Waals surface area contributed by atoms with Crippen molar-refractivity contribution >= 4 is 17.8 Å². The van der Waals surface area contributed by atoms with Gasteiger partial charge in [-0.05, 0) is 48.9 Å². The molecule has 2 aromatic rings. The SMILES string of the molecule is COc1cc(/C=C2/N=C(c3ccc(F)c(F)c3)NC2=O)c(OC)cc1C. The first-order valence-electron chi connectivity index (χ1n) is 7.72. The van der Waals surface area contributed by atoms with Crippen molar-refractivity contribution in [2.24, 2.45) is 4.99 Å². The van der Waals surface area contributed by atoms with E-state index in [1.54, 1.807) is 25.3 Å². The normalized spacial score (nSPS) is 15.0. The Morgan fingerprint density at radius 2 is 1.77 bits per heavy atom. The smallest absolute Gasteiger partial charge is 0.275 e. The molecule has 0 aromatic heterocycles. The van der Waals surface area contributed by atoms with Crippen molar-refractivity contribution in [3.8, 4) is 11.5 Å². The van der Waals surface area contributed by atoms with Crippen molar-refractivity contribution < 1.29 is 23.0 Å². The van der Waals surface area contributed by atoms with Gasteiger partial charge in [0.25, 0.3) is 5.91 Å². The summed E-state index contributed by atoms with van der Waals surface area (Å²) in [5, 5.41) is 2.55. The number of nitrogens with zero attached hydrogens (tertiary/aromatic N) is 1. The standard InChI is InChI=1S/C19H16F2N2O3/c1-10-6-17(26-3)12(9-16(10)25-2)8-15-19(24)23-18(22-15)11-4-5-13(20)14(21)7-11/h4-9H,1-3H3,(H,22,23,24)/b15-8+. The van der Waals surface area contributed by atoms with E-state index in [1.165, 1.54) is 13.2 Å². The minimum Gasteiger partial charge on any atom is -0.496 e. The number of aryl methyl sites for hydroxylation is 1. The molecule has 1 aliphatic rings. The van der Waals surface area contributed by atoms with E-state index < -0.39 is 17.5 Å². The number of carbonyl (C=O) groups is 1. The van der Waals surface area contributed by atoms with Crippen LogP contribution in [0.1, 0.15) is 16.7 Å². The number of aliphatic imine (C=N–C) groups is 1. The van der Waals surface area contributed by atoms with Gasteiger partial charge in [-0.1, -0.05) is 0 Å². The summed E-state index contributed by atoms with van der Waals surface area (Å²) in [6.45, 7) is 1.87. The maximum atomic E-state index is 13.4. The zero-order chi connectivity index (χ0) is 18.8. The van der Waals surface area contributed by atoms with Crippen LogP contribution >= 0.6 is 0 Å². The van der Waals surface area contributed by atoms with E-state index in [9.17, 15) is 13.6 Å². The first-order chi connectivity index (χ1) is 12.4. The summed E-state index contributed by atoms with van der Waals surface area (Å²) < 4.78 is 37.1. The van der Waals surface area contributed by atoms with Gasteiger partial charge in [0, 0.05) is 11.1 Å². The summed E-state index contributed by atoms with van der Waals surface area (Å²) in [6.07, 6.45) is 1.54. The fraction of sp³-hybridized carbons (Fsp3) is 0.158. The molecule has 1 amide bonds. The van der Waals surface area contributed by atoms with E-state index in [4.69, 9.17) is 9.47 Å². The van der Waals surface area contributed by atoms with Crippen LogP contribution in [0.3, 0.4) is 0 Å². The van der Waals surface area contributed by atoms with E-state index in [2.05, 4.69) is 10.3 Å². The second kappa shape index (κ2) is 6.95. The van der Waals surface area contributed by atoms with Gasteiger partial charge in [0.2, 0.25) is 0 Å². The number of carbonyl (C=O) groups excluding carboxylic acids is 1. The number of amidine groups is 1. The van der Waals surface area contributed by atoms with Gasteiger partial charge >= 0.3 is 0 Å². The number of nitrogens with one attached hydrogen (secondary N) is 1. The third-order valence-electron chi connectivity index (χ3n) is 3.93. The zero-order valence-electron chi connectivity index (χ0n) is 14.4. The number of amides is 1. The lowest BCUT2D eigenvalue weighted by atomic mass is 10.1. The summed E-state index contributed by atoms with van der Waals surface area (Å²) in [5.41, 5.74) is 1.88. The molecule has 134 valence electrons. The molecule has 1 aliphatic heterocycles. The van der Waals surface area contributed by atoms with Gasteiger partial charge in [-0.25, -0.2) is 13.8 Å². The largest absolute Gasteiger partial charge is 0.496 e. The van der Waals surface area contributed by atoms with Gasteiger partial charge in [-0.15, -0.1) is 0 Å². The summed E-state index contributed by atoms with van der Waals surface area (Å²) >= 11 is 0. The Hall–Kier alpha value is -3.22. The minimum atomic E-state index is -1.01. The van der Waals surface area contributed by atoms with Gasteiger partial charge in [-0.3, -0.25) is 4.79 Å². The second-order valence-electron chi connectivity index (χ2n) is 5.64. The van der Waals surface area contributed by atoms with E-state index >= 15 is 0 Å². The van der Waals surface area contributed by atoms with E-state index in [0.717, 1.165) is 17.7 Å². The van der Waals surface area contributed by atoms with Crippen molar-refractivity contribution in [3.63, 3.8) is 0 Å². The van der Waals surface area contributed by atoms with E-state index in [0.29, 0.717) is 17.1 Å². The molecular formula is C19H16F2N2O3. The second-order valence-corrected chi connectivity index (χ2v) is 5.64. The molecule has 2 aromatic carbocycles. The first kappa shape index (κ1) is 17.6. The molecular weight excluding hydrogens is 342 g/mol. The Balaban J connectivity index is 2.02. The number of benzene rings is 2. The van der Waals surface area contributed by atoms with Crippen LogP contribution in [0.2, 0.25) is 0 Å². The molecule has 1 heterocycles. The number of hydrogen-bond acceptors (Lipinski definition) is 4. The molecule has 7 heteroatoms. The third-order valence-corrected chi connectivity index (χ3v) is 3.93. The topological polar surface area (TPSA) is 59.9 Å². The van der Waals surface area contributed by atoms with Gasteiger partial charge < -0.3 is 14.8 Å². The number of ether oxygens (including phenoxy) is 2. The Morgan fingerprint density at radius 3 is 2.42 bits per heavy atom. The Kier molecular flexibility index (Phi) is 4.71. The quantitative estimate of drug-likeness (QED) is 0.854. The molecule has 0 unspecified atom stereocenters. The average molecular weight is 358 g/mol. The molecule has 0 saturated heterocycles. The zero-order valence-corrected chi connectivity index (χ0v) is 14.4. The molecule has 0 atom stereocenters. The molecule has 0 spiro atoms. The number of methoxy groups -OCH3 is 2. The summed E-state index contributed by atoms with van der Waals surface area (Å²) in [7, 11) is 3.07. The maximum absolute atomic E-state index is 13.4. The molecule has 0 bridgehead atoms. The fourth-order valence-corrected chi connectivity index (χ4v) is 2.58. The molecule has 0 fully saturated rings. The number of halogens is 2. The van der Waals surface area contributed by atoms with Crippen LogP contribution < -0.4 is 14.8 Å². The lowest BCUT2D eigenvalue weighted by molar-refractivity contribution is -0.115. The van der Waals surface area contributed by atoms with Crippen LogP contribution in [-0.2, 0) is 4.79 Å². The third kappa shape index (κ3) is 3.28. The van der Waals surface area contributed by atoms with Crippen molar-refractivity contribution in [2.45, 2.75) is 6.92 Å². The highest BCUT2D eigenvalue weighted by Crippen LogP contribution is 2.30. The Bertz CT molecular complexity index is 952. The molecule has 0 aliphatic carbocycles. The maximum Gasteiger partial charge on any atom is 0.275 e. The summed E-state index contributed by atoms with van der Waals surface area (Å²) in [6, 6.07) is 6.83. The highest BCUT2D eigenvalue weighted by atomic mass is 19.2. The monoisotopic (exact) mass is 358 g/mol. The molecule has 5 nitrogen and oxygen atoms in total. The van der Waals surface area contributed by atoms with Crippen LogP contribution in [-0.4, -0.2) is 26.0 Å². The van der Waals surface area contributed by atoms with Crippen LogP contribution in [0, 0.1) is 18.6 Å². The van der Waals surface area contributed by atoms with Crippen molar-refractivity contribution in [3.05, 3.63) is 64.4 Å². The van der Waals surface area contributed by atoms with Crippen LogP contribution in [0.15, 0.2) is 41.0 Å². The van der Waals surface area contributed by atoms with E-state index in [1.807, 2.05) is 6.92 Å². The fourth-order valence-electron chi connectivity index (χ4n) is 2.58. The van der Waals surface area contributed by atoms with Crippen molar-refractivity contribution in [2.75, 3.05) is 14.2 Å². The number of rotatable bonds is 4. The van der Waals surface area contributed by atoms with Gasteiger partial charge in [0.15, 0.2) is 11.6 Å². The predicted octanol–water partition coefficient (Wildman–Crippen LogP) is 3.21. The highest BCUT2D eigenvalue weighted by Gasteiger charge is 2.22. The number of hydrogen-bond donors (Lipinski definition) is 1. The lowest BCUT2D eigenvalue weighted by Crippen LogP contribution is -2.24. The van der Waals surface area contributed by atoms with Gasteiger partial charge in [-0.2, -0.15) is 0 Å². The Morgan fingerprint density at radius 1 is 1.04 bits per heavy atom.